The van der Waals surface area contributed by atoms with Crippen molar-refractivity contribution in [3.63, 3.8) is 0 Å². The van der Waals surface area contributed by atoms with Gasteiger partial charge in [0.2, 0.25) is 0 Å². The number of ether oxygens (including phenoxy) is 1. The van der Waals surface area contributed by atoms with Crippen LogP contribution in [-0.4, -0.2) is 36.3 Å². The molecule has 6 heteroatoms. The fourth-order valence-electron chi connectivity index (χ4n) is 1.98. The molecule has 0 aliphatic heterocycles. The fourth-order valence-corrected chi connectivity index (χ4v) is 3.15. The first-order valence-corrected chi connectivity index (χ1v) is 7.82. The number of aliphatic hydroxyl groups is 1. The molecule has 0 fully saturated rings. The van der Waals surface area contributed by atoms with E-state index in [1.807, 2.05) is 36.2 Å². The van der Waals surface area contributed by atoms with Crippen molar-refractivity contribution in [2.45, 2.75) is 12.6 Å². The number of aliphatic hydroxyl groups excluding tert-OH is 1. The van der Waals surface area contributed by atoms with E-state index in [1.54, 1.807) is 23.5 Å². The van der Waals surface area contributed by atoms with Gasteiger partial charge in [-0.3, -0.25) is 4.90 Å². The molecule has 2 aromatic rings. The summed E-state index contributed by atoms with van der Waals surface area (Å²) in [5.41, 5.74) is 6.36. The Morgan fingerprint density at radius 3 is 2.76 bits per heavy atom. The van der Waals surface area contributed by atoms with Crippen LogP contribution < -0.4 is 10.5 Å². The number of anilines is 1. The molecule has 0 amide bonds. The maximum absolute atomic E-state index is 10.0. The average molecular weight is 327 g/mol. The van der Waals surface area contributed by atoms with Crippen LogP contribution in [-0.2, 0) is 6.54 Å². The van der Waals surface area contributed by atoms with E-state index in [0.717, 1.165) is 10.9 Å². The topological polar surface area (TPSA) is 58.7 Å². The van der Waals surface area contributed by atoms with Crippen LogP contribution >= 0.6 is 22.9 Å². The van der Waals surface area contributed by atoms with Gasteiger partial charge in [-0.1, -0.05) is 23.7 Å². The summed E-state index contributed by atoms with van der Waals surface area (Å²) in [5.74, 6) is 0.601. The predicted octanol–water partition coefficient (Wildman–Crippen LogP) is 2.86. The first kappa shape index (κ1) is 16.1. The second-order valence-electron chi connectivity index (χ2n) is 4.91. The first-order chi connectivity index (χ1) is 10.0. The summed E-state index contributed by atoms with van der Waals surface area (Å²) in [7, 11) is 1.95. The highest BCUT2D eigenvalue weighted by atomic mass is 35.5. The number of nitrogen functional groups attached to an aromatic ring is 1. The minimum atomic E-state index is -0.579. The summed E-state index contributed by atoms with van der Waals surface area (Å²) in [6.45, 7) is 1.48. The molecule has 1 unspecified atom stereocenters. The first-order valence-electron chi connectivity index (χ1n) is 6.62. The van der Waals surface area contributed by atoms with Crippen LogP contribution in [0.15, 0.2) is 36.4 Å². The molecule has 3 N–H and O–H groups in total. The maximum atomic E-state index is 10.0. The highest BCUT2D eigenvalue weighted by Crippen LogP contribution is 2.22. The Morgan fingerprint density at radius 2 is 2.10 bits per heavy atom. The molecule has 0 bridgehead atoms. The van der Waals surface area contributed by atoms with Gasteiger partial charge in [-0.05, 0) is 31.3 Å². The van der Waals surface area contributed by atoms with E-state index < -0.39 is 6.10 Å². The molecule has 114 valence electrons. The monoisotopic (exact) mass is 326 g/mol. The lowest BCUT2D eigenvalue weighted by Gasteiger charge is -2.20. The third kappa shape index (κ3) is 5.21. The molecule has 0 aliphatic carbocycles. The molecule has 1 aromatic heterocycles. The van der Waals surface area contributed by atoms with Crippen molar-refractivity contribution in [2.75, 3.05) is 25.9 Å². The van der Waals surface area contributed by atoms with Gasteiger partial charge >= 0.3 is 0 Å². The molecule has 0 saturated carbocycles. The molecule has 1 aromatic carbocycles. The van der Waals surface area contributed by atoms with Gasteiger partial charge in [0.05, 0.1) is 10.0 Å². The largest absolute Gasteiger partial charge is 0.489 e. The Kier molecular flexibility index (Phi) is 5.87. The van der Waals surface area contributed by atoms with Crippen LogP contribution in [0.3, 0.4) is 0 Å². The number of likely N-dealkylation sites (N-methyl/N-ethyl adjacent to an activating group) is 1. The van der Waals surface area contributed by atoms with E-state index in [1.165, 1.54) is 4.88 Å². The normalized spacial score (nSPS) is 12.6. The molecular weight excluding hydrogens is 308 g/mol. The van der Waals surface area contributed by atoms with E-state index in [2.05, 4.69) is 0 Å². The zero-order valence-electron chi connectivity index (χ0n) is 11.8. The number of benzene rings is 1. The van der Waals surface area contributed by atoms with E-state index in [4.69, 9.17) is 22.1 Å². The van der Waals surface area contributed by atoms with Gasteiger partial charge in [-0.25, -0.2) is 0 Å². The van der Waals surface area contributed by atoms with Gasteiger partial charge in [-0.15, -0.1) is 11.3 Å². The second kappa shape index (κ2) is 7.66. The molecule has 0 saturated heterocycles. The molecule has 21 heavy (non-hydrogen) atoms. The summed E-state index contributed by atoms with van der Waals surface area (Å²) in [6, 6.07) is 11.1. The van der Waals surface area contributed by atoms with E-state index in [-0.39, 0.29) is 6.61 Å². The third-order valence-corrected chi connectivity index (χ3v) is 4.14. The summed E-state index contributed by atoms with van der Waals surface area (Å²) < 4.78 is 6.31. The molecule has 1 atom stereocenters. The zero-order valence-corrected chi connectivity index (χ0v) is 13.4. The van der Waals surface area contributed by atoms with Crippen LogP contribution in [0.2, 0.25) is 4.34 Å². The number of hydrogen-bond donors (Lipinski definition) is 2. The highest BCUT2D eigenvalue weighted by molar-refractivity contribution is 7.16. The van der Waals surface area contributed by atoms with Crippen LogP contribution in [0.25, 0.3) is 0 Å². The minimum Gasteiger partial charge on any atom is -0.489 e. The van der Waals surface area contributed by atoms with Crippen molar-refractivity contribution < 1.29 is 9.84 Å². The average Bonchev–Trinajstić information content (AvgIpc) is 2.83. The Morgan fingerprint density at radius 1 is 1.33 bits per heavy atom. The SMILES string of the molecule is CN(Cc1ccc(Cl)s1)CC(O)COc1ccccc1N. The van der Waals surface area contributed by atoms with Crippen molar-refractivity contribution in [2.24, 2.45) is 0 Å². The Bertz CT molecular complexity index is 576. The summed E-state index contributed by atoms with van der Waals surface area (Å²) >= 11 is 7.45. The van der Waals surface area contributed by atoms with Gasteiger partial charge in [-0.2, -0.15) is 0 Å². The Balaban J connectivity index is 1.76. The zero-order chi connectivity index (χ0) is 15.2. The predicted molar refractivity (Wildman–Crippen MR) is 88.0 cm³/mol. The lowest BCUT2D eigenvalue weighted by Crippen LogP contribution is -2.32. The summed E-state index contributed by atoms with van der Waals surface area (Å²) in [4.78, 5) is 3.20. The van der Waals surface area contributed by atoms with Crippen molar-refractivity contribution in [3.05, 3.63) is 45.6 Å². The van der Waals surface area contributed by atoms with Crippen LogP contribution in [0.1, 0.15) is 4.88 Å². The molecule has 1 heterocycles. The molecule has 0 aliphatic rings. The van der Waals surface area contributed by atoms with E-state index >= 15 is 0 Å². The van der Waals surface area contributed by atoms with Gasteiger partial charge < -0.3 is 15.6 Å². The van der Waals surface area contributed by atoms with E-state index in [0.29, 0.717) is 18.0 Å². The minimum absolute atomic E-state index is 0.212. The van der Waals surface area contributed by atoms with Gasteiger partial charge in [0, 0.05) is 18.0 Å². The molecule has 2 rings (SSSR count). The number of hydrogen-bond acceptors (Lipinski definition) is 5. The third-order valence-electron chi connectivity index (χ3n) is 2.93. The van der Waals surface area contributed by atoms with Crippen molar-refractivity contribution in [1.82, 2.24) is 4.90 Å². The highest BCUT2D eigenvalue weighted by Gasteiger charge is 2.11. The number of nitrogens with zero attached hydrogens (tertiary/aromatic N) is 1. The summed E-state index contributed by atoms with van der Waals surface area (Å²) in [5, 5.41) is 10.0. The quantitative estimate of drug-likeness (QED) is 0.768. The number of halogens is 1. The van der Waals surface area contributed by atoms with Crippen molar-refractivity contribution >= 4 is 28.6 Å². The van der Waals surface area contributed by atoms with Crippen molar-refractivity contribution in [3.8, 4) is 5.75 Å². The van der Waals surface area contributed by atoms with Gasteiger partial charge in [0.1, 0.15) is 18.5 Å². The molecular formula is C15H19ClN2O2S. The molecule has 0 radical (unpaired) electrons. The number of para-hydroxylation sites is 2. The van der Waals surface area contributed by atoms with Crippen LogP contribution in [0.5, 0.6) is 5.75 Å². The van der Waals surface area contributed by atoms with Crippen molar-refractivity contribution in [1.29, 1.82) is 0 Å². The lowest BCUT2D eigenvalue weighted by atomic mass is 10.3. The summed E-state index contributed by atoms with van der Waals surface area (Å²) in [6.07, 6.45) is -0.579. The Labute approximate surface area is 133 Å². The Hall–Kier alpha value is -1.27. The molecule has 4 nitrogen and oxygen atoms in total. The van der Waals surface area contributed by atoms with Gasteiger partial charge in [0.15, 0.2) is 0 Å². The van der Waals surface area contributed by atoms with Crippen LogP contribution in [0.4, 0.5) is 5.69 Å². The number of nitrogens with two attached hydrogens (primary N) is 1. The lowest BCUT2D eigenvalue weighted by molar-refractivity contribution is 0.0749. The fraction of sp³-hybridized carbons (Fsp3) is 0.333. The van der Waals surface area contributed by atoms with Crippen LogP contribution in [0, 0.1) is 0 Å². The number of thiophene rings is 1. The van der Waals surface area contributed by atoms with E-state index in [9.17, 15) is 5.11 Å². The number of rotatable bonds is 7. The standard InChI is InChI=1S/C15H19ClN2O2S/c1-18(9-12-6-7-15(16)21-12)8-11(19)10-20-14-5-3-2-4-13(14)17/h2-7,11,19H,8-10,17H2,1H3. The molecule has 0 spiro atoms. The second-order valence-corrected chi connectivity index (χ2v) is 6.70. The smallest absolute Gasteiger partial charge is 0.142 e. The maximum Gasteiger partial charge on any atom is 0.142 e. The van der Waals surface area contributed by atoms with Gasteiger partial charge in [0.25, 0.3) is 0 Å².